The summed E-state index contributed by atoms with van der Waals surface area (Å²) in [6, 6.07) is 7.84. The van der Waals surface area contributed by atoms with E-state index in [1.165, 1.54) is 11.3 Å². The number of piperazine rings is 1. The van der Waals surface area contributed by atoms with Gasteiger partial charge in [-0.25, -0.2) is 9.97 Å². The standard InChI is InChI=1S/C18H17N7OS/c1-12-21-22-16-15(19-6-7-25(12)16)23-8-10-24(11-9-23)18(26)17-20-13-4-2-3-5-14(13)27-17/h2-7H,8-11H2,1H3. The molecule has 0 unspecified atom stereocenters. The highest BCUT2D eigenvalue weighted by Crippen LogP contribution is 2.24. The zero-order chi connectivity index (χ0) is 18.4. The summed E-state index contributed by atoms with van der Waals surface area (Å²) in [5.74, 6) is 1.64. The van der Waals surface area contributed by atoms with Crippen LogP contribution in [0.15, 0.2) is 36.7 Å². The molecule has 5 rings (SSSR count). The Morgan fingerprint density at radius 1 is 1.11 bits per heavy atom. The fraction of sp³-hybridized carbons (Fsp3) is 0.278. The van der Waals surface area contributed by atoms with Crippen molar-refractivity contribution in [3.8, 4) is 0 Å². The topological polar surface area (TPSA) is 79.5 Å². The maximum Gasteiger partial charge on any atom is 0.282 e. The number of rotatable bonds is 2. The van der Waals surface area contributed by atoms with Crippen LogP contribution in [-0.4, -0.2) is 61.6 Å². The zero-order valence-corrected chi connectivity index (χ0v) is 15.6. The zero-order valence-electron chi connectivity index (χ0n) is 14.7. The molecule has 1 saturated heterocycles. The third-order valence-corrected chi connectivity index (χ3v) is 5.85. The third-order valence-electron chi connectivity index (χ3n) is 4.82. The van der Waals surface area contributed by atoms with Crippen molar-refractivity contribution < 1.29 is 4.79 Å². The van der Waals surface area contributed by atoms with Crippen LogP contribution in [0, 0.1) is 6.92 Å². The van der Waals surface area contributed by atoms with Crippen LogP contribution in [0.1, 0.15) is 15.6 Å². The molecule has 1 fully saturated rings. The van der Waals surface area contributed by atoms with Crippen LogP contribution in [0.25, 0.3) is 15.9 Å². The number of anilines is 1. The Bertz CT molecular complexity index is 1110. The molecule has 0 N–H and O–H groups in total. The van der Waals surface area contributed by atoms with Crippen LogP contribution in [-0.2, 0) is 0 Å². The van der Waals surface area contributed by atoms with Gasteiger partial charge >= 0.3 is 0 Å². The lowest BCUT2D eigenvalue weighted by Crippen LogP contribution is -2.49. The second-order valence-corrected chi connectivity index (χ2v) is 7.49. The van der Waals surface area contributed by atoms with Crippen molar-refractivity contribution in [1.82, 2.24) is 29.5 Å². The summed E-state index contributed by atoms with van der Waals surface area (Å²) in [6.45, 7) is 4.58. The first-order chi connectivity index (χ1) is 13.2. The van der Waals surface area contributed by atoms with Gasteiger partial charge in [0.25, 0.3) is 5.91 Å². The van der Waals surface area contributed by atoms with Crippen molar-refractivity contribution >= 4 is 38.9 Å². The monoisotopic (exact) mass is 379 g/mol. The van der Waals surface area contributed by atoms with Gasteiger partial charge in [0.1, 0.15) is 5.82 Å². The van der Waals surface area contributed by atoms with Gasteiger partial charge in [-0.3, -0.25) is 9.20 Å². The number of para-hydroxylation sites is 1. The molecule has 1 amide bonds. The molecular formula is C18H17N7OS. The summed E-state index contributed by atoms with van der Waals surface area (Å²) in [4.78, 5) is 25.8. The second-order valence-electron chi connectivity index (χ2n) is 6.46. The number of aromatic nitrogens is 5. The van der Waals surface area contributed by atoms with Gasteiger partial charge in [-0.05, 0) is 19.1 Å². The first-order valence-corrected chi connectivity index (χ1v) is 9.58. The molecule has 1 aromatic carbocycles. The highest BCUT2D eigenvalue weighted by Gasteiger charge is 2.26. The number of carbonyl (C=O) groups excluding carboxylic acids is 1. The number of fused-ring (bicyclic) bond motifs is 2. The molecule has 0 aliphatic carbocycles. The Morgan fingerprint density at radius 2 is 1.93 bits per heavy atom. The summed E-state index contributed by atoms with van der Waals surface area (Å²) >= 11 is 1.45. The Morgan fingerprint density at radius 3 is 2.74 bits per heavy atom. The van der Waals surface area contributed by atoms with E-state index in [-0.39, 0.29) is 5.91 Å². The SMILES string of the molecule is Cc1nnc2c(N3CCN(C(=O)c4nc5ccccc5s4)CC3)nccn12. The maximum absolute atomic E-state index is 12.8. The second kappa shape index (κ2) is 6.27. The molecular weight excluding hydrogens is 362 g/mol. The highest BCUT2D eigenvalue weighted by molar-refractivity contribution is 7.20. The first-order valence-electron chi connectivity index (χ1n) is 8.77. The summed E-state index contributed by atoms with van der Waals surface area (Å²) in [7, 11) is 0. The van der Waals surface area contributed by atoms with Gasteiger partial charge in [0.15, 0.2) is 10.8 Å². The molecule has 1 aliphatic rings. The van der Waals surface area contributed by atoms with Crippen molar-refractivity contribution in [2.45, 2.75) is 6.92 Å². The van der Waals surface area contributed by atoms with Gasteiger partial charge in [0.2, 0.25) is 5.65 Å². The summed E-state index contributed by atoms with van der Waals surface area (Å²) < 4.78 is 2.97. The molecule has 27 heavy (non-hydrogen) atoms. The van der Waals surface area contributed by atoms with Crippen LogP contribution in [0.3, 0.4) is 0 Å². The number of amides is 1. The van der Waals surface area contributed by atoms with Gasteiger partial charge in [-0.15, -0.1) is 21.5 Å². The van der Waals surface area contributed by atoms with Gasteiger partial charge < -0.3 is 9.80 Å². The summed E-state index contributed by atoms with van der Waals surface area (Å²) in [5, 5.41) is 8.92. The third kappa shape index (κ3) is 2.71. The molecule has 0 spiro atoms. The van der Waals surface area contributed by atoms with Crippen molar-refractivity contribution in [2.75, 3.05) is 31.1 Å². The molecule has 0 radical (unpaired) electrons. The molecule has 1 aliphatic heterocycles. The van der Waals surface area contributed by atoms with E-state index in [1.54, 1.807) is 6.20 Å². The Kier molecular flexibility index (Phi) is 3.75. The predicted octanol–water partition coefficient (Wildman–Crippen LogP) is 2.00. The lowest BCUT2D eigenvalue weighted by molar-refractivity contribution is 0.0746. The van der Waals surface area contributed by atoms with E-state index in [2.05, 4.69) is 25.1 Å². The Balaban J connectivity index is 1.34. The van der Waals surface area contributed by atoms with E-state index in [1.807, 2.05) is 46.7 Å². The number of thiazole rings is 1. The molecule has 4 aromatic rings. The van der Waals surface area contributed by atoms with Crippen LogP contribution in [0.5, 0.6) is 0 Å². The average Bonchev–Trinajstić information content (AvgIpc) is 3.31. The number of carbonyl (C=O) groups is 1. The molecule has 8 nitrogen and oxygen atoms in total. The largest absolute Gasteiger partial charge is 0.350 e. The minimum Gasteiger partial charge on any atom is -0.350 e. The fourth-order valence-corrected chi connectivity index (χ4v) is 4.31. The fourth-order valence-electron chi connectivity index (χ4n) is 3.37. The lowest BCUT2D eigenvalue weighted by Gasteiger charge is -2.34. The molecule has 4 heterocycles. The smallest absolute Gasteiger partial charge is 0.282 e. The molecule has 0 saturated carbocycles. The maximum atomic E-state index is 12.8. The number of benzene rings is 1. The molecule has 0 atom stereocenters. The highest BCUT2D eigenvalue weighted by atomic mass is 32.1. The normalized spacial score (nSPS) is 15.0. The number of nitrogens with zero attached hydrogens (tertiary/aromatic N) is 7. The van der Waals surface area contributed by atoms with Crippen LogP contribution in [0.2, 0.25) is 0 Å². The van der Waals surface area contributed by atoms with E-state index >= 15 is 0 Å². The molecule has 0 bridgehead atoms. The average molecular weight is 379 g/mol. The lowest BCUT2D eigenvalue weighted by atomic mass is 10.3. The Labute approximate surface area is 159 Å². The number of hydrogen-bond donors (Lipinski definition) is 0. The van der Waals surface area contributed by atoms with Crippen molar-refractivity contribution in [3.05, 3.63) is 47.5 Å². The van der Waals surface area contributed by atoms with Gasteiger partial charge in [-0.1, -0.05) is 12.1 Å². The molecule has 136 valence electrons. The number of hydrogen-bond acceptors (Lipinski definition) is 7. The van der Waals surface area contributed by atoms with Crippen LogP contribution < -0.4 is 4.90 Å². The van der Waals surface area contributed by atoms with Crippen molar-refractivity contribution in [1.29, 1.82) is 0 Å². The number of aryl methyl sites for hydroxylation is 1. The van der Waals surface area contributed by atoms with Crippen molar-refractivity contribution in [2.24, 2.45) is 0 Å². The molecule has 3 aromatic heterocycles. The Hall–Kier alpha value is -3.07. The van der Waals surface area contributed by atoms with E-state index < -0.39 is 0 Å². The van der Waals surface area contributed by atoms with E-state index in [9.17, 15) is 4.79 Å². The van der Waals surface area contributed by atoms with E-state index in [4.69, 9.17) is 0 Å². The summed E-state index contributed by atoms with van der Waals surface area (Å²) in [5.41, 5.74) is 1.63. The molecule has 9 heteroatoms. The van der Waals surface area contributed by atoms with Crippen LogP contribution >= 0.6 is 11.3 Å². The van der Waals surface area contributed by atoms with Crippen molar-refractivity contribution in [3.63, 3.8) is 0 Å². The van der Waals surface area contributed by atoms with Crippen LogP contribution in [0.4, 0.5) is 5.82 Å². The van der Waals surface area contributed by atoms with E-state index in [0.717, 1.165) is 27.5 Å². The quantitative estimate of drug-likeness (QED) is 0.530. The van der Waals surface area contributed by atoms with Gasteiger partial charge in [0, 0.05) is 38.6 Å². The van der Waals surface area contributed by atoms with Gasteiger partial charge in [0.05, 0.1) is 10.2 Å². The minimum absolute atomic E-state index is 0.000315. The van der Waals surface area contributed by atoms with Gasteiger partial charge in [-0.2, -0.15) is 0 Å². The van der Waals surface area contributed by atoms with E-state index in [0.29, 0.717) is 31.2 Å². The summed E-state index contributed by atoms with van der Waals surface area (Å²) in [6.07, 6.45) is 3.62. The minimum atomic E-state index is 0.000315. The predicted molar refractivity (Wildman–Crippen MR) is 103 cm³/mol. The first kappa shape index (κ1) is 16.1.